The van der Waals surface area contributed by atoms with Gasteiger partial charge in [0.2, 0.25) is 0 Å². The van der Waals surface area contributed by atoms with Crippen molar-refractivity contribution in [1.82, 2.24) is 0 Å². The molecule has 0 aromatic heterocycles. The summed E-state index contributed by atoms with van der Waals surface area (Å²) in [4.78, 5) is 2.06. The number of rotatable bonds is 4. The lowest BCUT2D eigenvalue weighted by Gasteiger charge is -2.24. The first kappa shape index (κ1) is 13.2. The molecule has 1 aromatic carbocycles. The fourth-order valence-electron chi connectivity index (χ4n) is 3.31. The number of benzene rings is 1. The average molecular weight is 286 g/mol. The zero-order valence-corrected chi connectivity index (χ0v) is 11.7. The quantitative estimate of drug-likeness (QED) is 0.794. The second kappa shape index (κ2) is 4.93. The van der Waals surface area contributed by atoms with Gasteiger partial charge in [-0.2, -0.15) is 0 Å². The Hall–Kier alpha value is -0.840. The van der Waals surface area contributed by atoms with E-state index in [-0.39, 0.29) is 12.1 Å². The Balaban J connectivity index is 1.69. The van der Waals surface area contributed by atoms with Crippen LogP contribution in [0, 0.1) is 23.6 Å². The molecule has 104 valence electrons. The molecule has 1 heterocycles. The first-order valence-corrected chi connectivity index (χ1v) is 6.79. The molecule has 0 bridgehead atoms. The largest absolute Gasteiger partial charge is 0.369 e. The molecule has 2 atom stereocenters. The molecule has 0 amide bonds. The number of methoxy groups -OCH3 is 2. The minimum Gasteiger partial charge on any atom is -0.369 e. The minimum absolute atomic E-state index is 0.138. The van der Waals surface area contributed by atoms with Crippen LogP contribution in [-0.2, 0) is 9.47 Å². The van der Waals surface area contributed by atoms with Gasteiger partial charge in [0.25, 0.3) is 0 Å². The van der Waals surface area contributed by atoms with Crippen LogP contribution in [0.4, 0.5) is 10.1 Å². The normalized spacial score (nSPS) is 28.9. The van der Waals surface area contributed by atoms with Crippen LogP contribution in [-0.4, -0.2) is 33.6 Å². The van der Waals surface area contributed by atoms with E-state index >= 15 is 0 Å². The topological polar surface area (TPSA) is 21.7 Å². The summed E-state index contributed by atoms with van der Waals surface area (Å²) in [7, 11) is 3.33. The Morgan fingerprint density at radius 2 is 1.89 bits per heavy atom. The van der Waals surface area contributed by atoms with Gasteiger partial charge >= 0.3 is 0 Å². The monoisotopic (exact) mass is 285 g/mol. The molecule has 3 nitrogen and oxygen atoms in total. The van der Waals surface area contributed by atoms with Gasteiger partial charge < -0.3 is 14.4 Å². The molecule has 1 aromatic rings. The van der Waals surface area contributed by atoms with Crippen LogP contribution in [0.2, 0.25) is 5.02 Å². The molecule has 1 aliphatic heterocycles. The van der Waals surface area contributed by atoms with Crippen molar-refractivity contribution in [2.24, 2.45) is 17.8 Å². The maximum atomic E-state index is 13.8. The third kappa shape index (κ3) is 2.22. The third-order valence-corrected chi connectivity index (χ3v) is 4.52. The van der Waals surface area contributed by atoms with E-state index in [2.05, 4.69) is 4.90 Å². The Bertz CT molecular complexity index is 469. The van der Waals surface area contributed by atoms with Gasteiger partial charge in [-0.1, -0.05) is 11.6 Å². The maximum Gasteiger partial charge on any atom is 0.160 e. The van der Waals surface area contributed by atoms with E-state index in [1.165, 1.54) is 6.07 Å². The summed E-state index contributed by atoms with van der Waals surface area (Å²) in [5, 5.41) is 0.570. The molecular formula is C14H17ClFNO2. The van der Waals surface area contributed by atoms with Crippen molar-refractivity contribution in [2.75, 3.05) is 32.2 Å². The summed E-state index contributed by atoms with van der Waals surface area (Å²) in [5.41, 5.74) is 0.602. The smallest absolute Gasteiger partial charge is 0.160 e. The highest BCUT2D eigenvalue weighted by atomic mass is 35.5. The van der Waals surface area contributed by atoms with Crippen molar-refractivity contribution in [1.29, 1.82) is 0 Å². The standard InChI is InChI=1S/C14H17ClFNO2/c1-18-14(19-2)13-9-6-17(7-10(9)13)12-5-8(15)3-4-11(12)16/h3-5,9-10,13-14H,6-7H2,1-2H3. The predicted octanol–water partition coefficient (Wildman–Crippen LogP) is 2.78. The van der Waals surface area contributed by atoms with Crippen LogP contribution in [0.1, 0.15) is 0 Å². The van der Waals surface area contributed by atoms with Crippen LogP contribution in [0.5, 0.6) is 0 Å². The van der Waals surface area contributed by atoms with Gasteiger partial charge in [-0.25, -0.2) is 4.39 Å². The van der Waals surface area contributed by atoms with Crippen LogP contribution < -0.4 is 4.90 Å². The molecule has 1 saturated carbocycles. The summed E-state index contributed by atoms with van der Waals surface area (Å²) >= 11 is 5.93. The highest BCUT2D eigenvalue weighted by molar-refractivity contribution is 6.30. The van der Waals surface area contributed by atoms with Crippen LogP contribution in [0.3, 0.4) is 0 Å². The number of piperidine rings is 1. The van der Waals surface area contributed by atoms with Crippen LogP contribution in [0.15, 0.2) is 18.2 Å². The molecular weight excluding hydrogens is 269 g/mol. The molecule has 2 unspecified atom stereocenters. The SMILES string of the molecule is COC(OC)C1C2CN(c3cc(Cl)ccc3F)CC21. The van der Waals surface area contributed by atoms with E-state index in [1.807, 2.05) is 0 Å². The van der Waals surface area contributed by atoms with Crippen LogP contribution >= 0.6 is 11.6 Å². The zero-order chi connectivity index (χ0) is 13.6. The van der Waals surface area contributed by atoms with E-state index in [4.69, 9.17) is 21.1 Å². The zero-order valence-electron chi connectivity index (χ0n) is 11.0. The van der Waals surface area contributed by atoms with Crippen molar-refractivity contribution in [3.63, 3.8) is 0 Å². The van der Waals surface area contributed by atoms with Crippen LogP contribution in [0.25, 0.3) is 0 Å². The summed E-state index contributed by atoms with van der Waals surface area (Å²) in [6.07, 6.45) is -0.138. The van der Waals surface area contributed by atoms with Gasteiger partial charge in [-0.05, 0) is 30.0 Å². The molecule has 2 aliphatic rings. The molecule has 2 fully saturated rings. The predicted molar refractivity (Wildman–Crippen MR) is 71.9 cm³/mol. The van der Waals surface area contributed by atoms with E-state index in [0.717, 1.165) is 13.1 Å². The van der Waals surface area contributed by atoms with E-state index in [1.54, 1.807) is 26.4 Å². The van der Waals surface area contributed by atoms with E-state index in [0.29, 0.717) is 28.5 Å². The van der Waals surface area contributed by atoms with Gasteiger partial charge in [0, 0.05) is 38.2 Å². The summed E-state index contributed by atoms with van der Waals surface area (Å²) in [6, 6.07) is 4.69. The first-order valence-electron chi connectivity index (χ1n) is 6.41. The van der Waals surface area contributed by atoms with E-state index in [9.17, 15) is 4.39 Å². The second-order valence-electron chi connectivity index (χ2n) is 5.25. The summed E-state index contributed by atoms with van der Waals surface area (Å²) < 4.78 is 24.4. The second-order valence-corrected chi connectivity index (χ2v) is 5.68. The molecule has 0 radical (unpaired) electrons. The van der Waals surface area contributed by atoms with Gasteiger partial charge in [0.05, 0.1) is 5.69 Å². The first-order chi connectivity index (χ1) is 9.15. The number of hydrogen-bond donors (Lipinski definition) is 0. The van der Waals surface area contributed by atoms with Crippen molar-refractivity contribution < 1.29 is 13.9 Å². The van der Waals surface area contributed by atoms with Gasteiger partial charge in [-0.3, -0.25) is 0 Å². The molecule has 5 heteroatoms. The number of anilines is 1. The van der Waals surface area contributed by atoms with Crippen molar-refractivity contribution in [3.8, 4) is 0 Å². The highest BCUT2D eigenvalue weighted by Crippen LogP contribution is 2.55. The lowest BCUT2D eigenvalue weighted by atomic mass is 10.2. The molecule has 1 aliphatic carbocycles. The van der Waals surface area contributed by atoms with E-state index < -0.39 is 0 Å². The number of fused-ring (bicyclic) bond motifs is 1. The molecule has 1 saturated heterocycles. The van der Waals surface area contributed by atoms with Crippen molar-refractivity contribution in [2.45, 2.75) is 6.29 Å². The summed E-state index contributed by atoms with van der Waals surface area (Å²) in [5.74, 6) is 1.29. The lowest BCUT2D eigenvalue weighted by Crippen LogP contribution is -2.29. The fraction of sp³-hybridized carbons (Fsp3) is 0.571. The van der Waals surface area contributed by atoms with Crippen molar-refractivity contribution >= 4 is 17.3 Å². The van der Waals surface area contributed by atoms with Crippen molar-refractivity contribution in [3.05, 3.63) is 29.0 Å². The molecule has 19 heavy (non-hydrogen) atoms. The number of halogens is 2. The highest BCUT2D eigenvalue weighted by Gasteiger charge is 2.59. The maximum absolute atomic E-state index is 13.8. The minimum atomic E-state index is -0.211. The number of hydrogen-bond acceptors (Lipinski definition) is 3. The molecule has 0 N–H and O–H groups in total. The van der Waals surface area contributed by atoms with Gasteiger partial charge in [0.15, 0.2) is 6.29 Å². The van der Waals surface area contributed by atoms with Gasteiger partial charge in [0.1, 0.15) is 5.82 Å². The lowest BCUT2D eigenvalue weighted by molar-refractivity contribution is -0.121. The molecule has 3 rings (SSSR count). The summed E-state index contributed by atoms with van der Waals surface area (Å²) in [6.45, 7) is 1.69. The Morgan fingerprint density at radius 3 is 2.47 bits per heavy atom. The number of ether oxygens (including phenoxy) is 2. The Labute approximate surface area is 117 Å². The molecule has 0 spiro atoms. The Morgan fingerprint density at radius 1 is 1.26 bits per heavy atom. The average Bonchev–Trinajstić information content (AvgIpc) is 2.88. The third-order valence-electron chi connectivity index (χ3n) is 4.29. The number of nitrogens with zero attached hydrogens (tertiary/aromatic N) is 1. The van der Waals surface area contributed by atoms with Gasteiger partial charge in [-0.15, -0.1) is 0 Å². The fourth-order valence-corrected chi connectivity index (χ4v) is 3.48. The Kier molecular flexibility index (Phi) is 3.41.